The monoisotopic (exact) mass is 343 g/mol. The Bertz CT molecular complexity index is 591. The molecule has 0 radical (unpaired) electrons. The molecule has 2 aliphatic heterocycles. The summed E-state index contributed by atoms with van der Waals surface area (Å²) in [5, 5.41) is 7.78. The number of hydrogen-bond donors (Lipinski definition) is 2. The fraction of sp³-hybridized carbons (Fsp3) is 0.650. The van der Waals surface area contributed by atoms with E-state index in [1.54, 1.807) is 0 Å². The molecule has 24 heavy (non-hydrogen) atoms. The summed E-state index contributed by atoms with van der Waals surface area (Å²) in [4.78, 5) is 2.86. The molecule has 0 unspecified atom stereocenters. The third-order valence-electron chi connectivity index (χ3n) is 5.81. The van der Waals surface area contributed by atoms with Gasteiger partial charge < -0.3 is 10.6 Å². The third kappa shape index (κ3) is 3.60. The summed E-state index contributed by atoms with van der Waals surface area (Å²) in [7, 11) is 0. The Hall–Kier alpha value is -1.13. The lowest BCUT2D eigenvalue weighted by Crippen LogP contribution is -2.57. The van der Waals surface area contributed by atoms with Gasteiger partial charge in [-0.15, -0.1) is 0 Å². The number of thiocarbonyl (C=S) groups is 1. The number of benzene rings is 1. The molecule has 1 aliphatic carbocycles. The average molecular weight is 344 g/mol. The van der Waals surface area contributed by atoms with Crippen molar-refractivity contribution in [1.29, 1.82) is 0 Å². The molecule has 130 valence electrons. The molecule has 1 aromatic carbocycles. The van der Waals surface area contributed by atoms with Gasteiger partial charge in [0.1, 0.15) is 0 Å². The molecular weight excluding hydrogens is 314 g/mol. The Balaban J connectivity index is 1.36. The van der Waals surface area contributed by atoms with Gasteiger partial charge in [-0.1, -0.05) is 12.5 Å². The molecule has 4 rings (SSSR count). The fourth-order valence-electron chi connectivity index (χ4n) is 4.90. The highest BCUT2D eigenvalue weighted by Gasteiger charge is 2.44. The van der Waals surface area contributed by atoms with Crippen LogP contribution < -0.4 is 10.6 Å². The highest BCUT2D eigenvalue weighted by Crippen LogP contribution is 2.41. The number of fused-ring (bicyclic) bond motifs is 2. The topological polar surface area (TPSA) is 27.3 Å². The quantitative estimate of drug-likeness (QED) is 0.807. The second kappa shape index (κ2) is 6.64. The van der Waals surface area contributed by atoms with Gasteiger partial charge in [-0.3, -0.25) is 4.90 Å². The molecule has 3 nitrogen and oxygen atoms in total. The number of hydrogen-bond acceptors (Lipinski definition) is 2. The van der Waals surface area contributed by atoms with Gasteiger partial charge in [-0.2, -0.15) is 0 Å². The summed E-state index contributed by atoms with van der Waals surface area (Å²) in [5.74, 6) is 0. The van der Waals surface area contributed by atoms with Crippen LogP contribution in [0.15, 0.2) is 18.2 Å². The second-order valence-corrected chi connectivity index (χ2v) is 8.47. The van der Waals surface area contributed by atoms with E-state index in [1.165, 1.54) is 56.1 Å². The molecular formula is C20H29N3S. The Morgan fingerprint density at radius 2 is 1.58 bits per heavy atom. The van der Waals surface area contributed by atoms with Crippen molar-refractivity contribution in [3.05, 3.63) is 29.3 Å². The fourth-order valence-corrected chi connectivity index (χ4v) is 5.19. The number of nitrogens with one attached hydrogen (secondary N) is 2. The predicted octanol–water partition coefficient (Wildman–Crippen LogP) is 4.14. The van der Waals surface area contributed by atoms with E-state index in [0.717, 1.165) is 28.9 Å². The van der Waals surface area contributed by atoms with Crippen LogP contribution in [0.5, 0.6) is 0 Å². The first kappa shape index (κ1) is 16.3. The van der Waals surface area contributed by atoms with Gasteiger partial charge in [0, 0.05) is 29.9 Å². The van der Waals surface area contributed by atoms with Gasteiger partial charge in [0.25, 0.3) is 0 Å². The lowest BCUT2D eigenvalue weighted by Gasteiger charge is -2.49. The van der Waals surface area contributed by atoms with Crippen LogP contribution in [0.2, 0.25) is 0 Å². The number of rotatable bonds is 3. The molecule has 3 fully saturated rings. The van der Waals surface area contributed by atoms with Gasteiger partial charge in [0.15, 0.2) is 5.11 Å². The third-order valence-corrected chi connectivity index (χ3v) is 6.03. The maximum Gasteiger partial charge on any atom is 0.170 e. The van der Waals surface area contributed by atoms with Gasteiger partial charge in [0.05, 0.1) is 0 Å². The number of nitrogens with zero attached hydrogens (tertiary/aromatic N) is 1. The van der Waals surface area contributed by atoms with Crippen molar-refractivity contribution in [3.63, 3.8) is 0 Å². The van der Waals surface area contributed by atoms with Crippen LogP contribution in [0.3, 0.4) is 0 Å². The zero-order chi connectivity index (χ0) is 16.7. The van der Waals surface area contributed by atoms with Gasteiger partial charge >= 0.3 is 0 Å². The Kier molecular flexibility index (Phi) is 4.52. The predicted molar refractivity (Wildman–Crippen MR) is 105 cm³/mol. The summed E-state index contributed by atoms with van der Waals surface area (Å²) in [6.45, 7) is 4.26. The standard InChI is InChI=1S/C20H29N3S/c1-13-8-14(2)10-15(9-13)21-20(24)22-16-11-18-4-3-5-19(12-16)23(18)17-6-7-17/h8-10,16-19H,3-7,11-12H2,1-2H3,(H2,21,22,24)/t18-,19-/m0/s1. The summed E-state index contributed by atoms with van der Waals surface area (Å²) in [5.41, 5.74) is 3.64. The van der Waals surface area contributed by atoms with Crippen molar-refractivity contribution in [3.8, 4) is 0 Å². The van der Waals surface area contributed by atoms with Crippen LogP contribution in [-0.2, 0) is 0 Å². The van der Waals surface area contributed by atoms with Crippen molar-refractivity contribution < 1.29 is 0 Å². The Labute approximate surface area is 151 Å². The van der Waals surface area contributed by atoms with Crippen LogP contribution in [0.1, 0.15) is 56.1 Å². The first-order valence-corrected chi connectivity index (χ1v) is 9.92. The van der Waals surface area contributed by atoms with Gasteiger partial charge in [0.2, 0.25) is 0 Å². The first-order chi connectivity index (χ1) is 11.6. The van der Waals surface area contributed by atoms with E-state index in [-0.39, 0.29) is 0 Å². The van der Waals surface area contributed by atoms with Crippen LogP contribution in [0.25, 0.3) is 0 Å². The molecule has 2 heterocycles. The highest BCUT2D eigenvalue weighted by atomic mass is 32.1. The van der Waals surface area contributed by atoms with Crippen LogP contribution in [-0.4, -0.2) is 34.2 Å². The Morgan fingerprint density at radius 1 is 0.958 bits per heavy atom. The van der Waals surface area contributed by atoms with Crippen molar-refractivity contribution in [2.75, 3.05) is 5.32 Å². The van der Waals surface area contributed by atoms with E-state index < -0.39 is 0 Å². The summed E-state index contributed by atoms with van der Waals surface area (Å²) in [6.07, 6.45) is 9.53. The van der Waals surface area contributed by atoms with Crippen LogP contribution >= 0.6 is 12.2 Å². The number of aryl methyl sites for hydroxylation is 2. The first-order valence-electron chi connectivity index (χ1n) is 9.52. The van der Waals surface area contributed by atoms with E-state index in [2.05, 4.69) is 47.6 Å². The zero-order valence-corrected chi connectivity index (χ0v) is 15.7. The zero-order valence-electron chi connectivity index (χ0n) is 14.8. The van der Waals surface area contributed by atoms with Gasteiger partial charge in [-0.25, -0.2) is 0 Å². The summed E-state index contributed by atoms with van der Waals surface area (Å²) in [6, 6.07) is 9.51. The number of piperidine rings is 2. The molecule has 4 heteroatoms. The lowest BCUT2D eigenvalue weighted by molar-refractivity contribution is 0.0209. The van der Waals surface area contributed by atoms with E-state index in [0.29, 0.717) is 6.04 Å². The maximum atomic E-state index is 5.59. The average Bonchev–Trinajstić information content (AvgIpc) is 3.29. The Morgan fingerprint density at radius 3 is 2.17 bits per heavy atom. The minimum Gasteiger partial charge on any atom is -0.360 e. The van der Waals surface area contributed by atoms with Crippen LogP contribution in [0.4, 0.5) is 5.69 Å². The molecule has 0 spiro atoms. The normalized spacial score (nSPS) is 30.0. The molecule has 1 aromatic rings. The van der Waals surface area contributed by atoms with Crippen molar-refractivity contribution >= 4 is 23.0 Å². The molecule has 0 amide bonds. The van der Waals surface area contributed by atoms with E-state index in [4.69, 9.17) is 12.2 Å². The summed E-state index contributed by atoms with van der Waals surface area (Å²) < 4.78 is 0. The SMILES string of the molecule is Cc1cc(C)cc(NC(=S)NC2C[C@@H]3CCC[C@@H](C2)N3C2CC2)c1. The van der Waals surface area contributed by atoms with Crippen molar-refractivity contribution in [1.82, 2.24) is 10.2 Å². The van der Waals surface area contributed by atoms with E-state index >= 15 is 0 Å². The second-order valence-electron chi connectivity index (χ2n) is 8.06. The van der Waals surface area contributed by atoms with Gasteiger partial charge in [-0.05, 0) is 87.8 Å². The van der Waals surface area contributed by atoms with E-state index in [9.17, 15) is 0 Å². The molecule has 2 bridgehead atoms. The molecule has 3 aliphatic rings. The van der Waals surface area contributed by atoms with Crippen molar-refractivity contribution in [2.24, 2.45) is 0 Å². The molecule has 1 saturated carbocycles. The summed E-state index contributed by atoms with van der Waals surface area (Å²) >= 11 is 5.59. The minimum absolute atomic E-state index is 0.529. The highest BCUT2D eigenvalue weighted by molar-refractivity contribution is 7.80. The lowest BCUT2D eigenvalue weighted by atomic mass is 9.81. The largest absolute Gasteiger partial charge is 0.360 e. The minimum atomic E-state index is 0.529. The molecule has 2 saturated heterocycles. The maximum absolute atomic E-state index is 5.59. The molecule has 2 atom stereocenters. The van der Waals surface area contributed by atoms with E-state index in [1.807, 2.05) is 0 Å². The van der Waals surface area contributed by atoms with Crippen molar-refractivity contribution in [2.45, 2.75) is 83.0 Å². The molecule has 0 aromatic heterocycles. The molecule has 2 N–H and O–H groups in total. The number of anilines is 1. The van der Waals surface area contributed by atoms with Crippen LogP contribution in [0, 0.1) is 13.8 Å². The smallest absolute Gasteiger partial charge is 0.170 e.